The first kappa shape index (κ1) is 16.7. The molecular formula is C12H22OZr. The molecule has 0 saturated heterocycles. The molecule has 1 aliphatic rings. The topological polar surface area (TPSA) is 20.2 Å². The maximum Gasteiger partial charge on any atom is 0.0655 e. The second-order valence-electron chi connectivity index (χ2n) is 4.14. The van der Waals surface area contributed by atoms with Crippen LogP contribution in [0, 0.1) is 5.41 Å². The van der Waals surface area contributed by atoms with Gasteiger partial charge in [-0.3, -0.25) is 0 Å². The molecule has 0 atom stereocenters. The van der Waals surface area contributed by atoms with E-state index in [1.54, 1.807) is 0 Å². The molecule has 0 radical (unpaired) electrons. The van der Waals surface area contributed by atoms with Gasteiger partial charge < -0.3 is 5.11 Å². The van der Waals surface area contributed by atoms with E-state index in [9.17, 15) is 5.11 Å². The van der Waals surface area contributed by atoms with Gasteiger partial charge in [0.1, 0.15) is 0 Å². The Bertz CT molecular complexity index is 272. The Hall–Kier alpha value is 0.323. The number of aliphatic hydroxyl groups is 1. The van der Waals surface area contributed by atoms with E-state index in [-0.39, 0.29) is 45.7 Å². The Morgan fingerprint density at radius 2 is 1.50 bits per heavy atom. The summed E-state index contributed by atoms with van der Waals surface area (Å²) in [5.41, 5.74) is 5.27. The van der Waals surface area contributed by atoms with E-state index in [0.717, 1.165) is 0 Å². The quantitative estimate of drug-likeness (QED) is 0.777. The molecule has 0 aromatic rings. The zero-order chi connectivity index (χ0) is 9.52. The van der Waals surface area contributed by atoms with Crippen LogP contribution >= 0.6 is 0 Å². The second kappa shape index (κ2) is 5.42. The van der Waals surface area contributed by atoms with Crippen molar-refractivity contribution in [3.05, 3.63) is 22.3 Å². The molecule has 0 aromatic carbocycles. The van der Waals surface area contributed by atoms with Gasteiger partial charge in [-0.2, -0.15) is 0 Å². The Labute approximate surface area is 107 Å². The molecule has 0 aromatic heterocycles. The molecule has 0 bridgehead atoms. The summed E-state index contributed by atoms with van der Waals surface area (Å²) in [7, 11) is 0. The third-order valence-electron chi connectivity index (χ3n) is 3.43. The summed E-state index contributed by atoms with van der Waals surface area (Å²) in [6.45, 7) is 10.9. The SMILES string of the molecule is C.CC1=C(C)C(C)(C)C(CO)=C1C.[Zr]. The molecule has 1 N–H and O–H groups in total. The molecule has 14 heavy (non-hydrogen) atoms. The smallest absolute Gasteiger partial charge is 0.0655 e. The summed E-state index contributed by atoms with van der Waals surface area (Å²) in [4.78, 5) is 0. The predicted molar refractivity (Wildman–Crippen MR) is 58.7 cm³/mol. The minimum Gasteiger partial charge on any atom is -0.392 e. The van der Waals surface area contributed by atoms with Crippen LogP contribution in [0.2, 0.25) is 0 Å². The van der Waals surface area contributed by atoms with Gasteiger partial charge in [-0.15, -0.1) is 0 Å². The van der Waals surface area contributed by atoms with E-state index in [4.69, 9.17) is 0 Å². The first-order chi connectivity index (χ1) is 5.42. The summed E-state index contributed by atoms with van der Waals surface area (Å²) in [5, 5.41) is 9.22. The maximum atomic E-state index is 9.22. The van der Waals surface area contributed by atoms with Crippen molar-refractivity contribution in [3.63, 3.8) is 0 Å². The first-order valence-corrected chi connectivity index (χ1v) is 4.42. The number of aliphatic hydroxyl groups excluding tert-OH is 1. The summed E-state index contributed by atoms with van der Waals surface area (Å²) in [6.07, 6.45) is 0. The molecule has 2 heteroatoms. The Kier molecular flexibility index (Phi) is 6.48. The van der Waals surface area contributed by atoms with Gasteiger partial charge in [0.25, 0.3) is 0 Å². The van der Waals surface area contributed by atoms with Gasteiger partial charge >= 0.3 is 0 Å². The molecule has 0 fully saturated rings. The van der Waals surface area contributed by atoms with Crippen LogP contribution in [-0.4, -0.2) is 11.7 Å². The van der Waals surface area contributed by atoms with E-state index < -0.39 is 0 Å². The van der Waals surface area contributed by atoms with E-state index in [0.29, 0.717) is 0 Å². The fourth-order valence-corrected chi connectivity index (χ4v) is 1.99. The van der Waals surface area contributed by atoms with Crippen LogP contribution < -0.4 is 0 Å². The van der Waals surface area contributed by atoms with Crippen LogP contribution in [-0.2, 0) is 26.2 Å². The van der Waals surface area contributed by atoms with Gasteiger partial charge in [0.05, 0.1) is 6.61 Å². The van der Waals surface area contributed by atoms with Gasteiger partial charge in [-0.05, 0) is 37.5 Å². The van der Waals surface area contributed by atoms with Gasteiger partial charge in [-0.25, -0.2) is 0 Å². The third kappa shape index (κ3) is 2.28. The summed E-state index contributed by atoms with van der Waals surface area (Å²) >= 11 is 0. The van der Waals surface area contributed by atoms with Gasteiger partial charge in [-0.1, -0.05) is 26.8 Å². The summed E-state index contributed by atoms with van der Waals surface area (Å²) in [6, 6.07) is 0. The Morgan fingerprint density at radius 1 is 1.07 bits per heavy atom. The van der Waals surface area contributed by atoms with Gasteiger partial charge in [0.2, 0.25) is 0 Å². The second-order valence-corrected chi connectivity index (χ2v) is 4.14. The minimum absolute atomic E-state index is 0. The van der Waals surface area contributed by atoms with Gasteiger partial charge in [0.15, 0.2) is 0 Å². The molecule has 0 aliphatic heterocycles. The van der Waals surface area contributed by atoms with E-state index in [1.807, 2.05) is 0 Å². The van der Waals surface area contributed by atoms with E-state index >= 15 is 0 Å². The molecule has 0 saturated carbocycles. The minimum atomic E-state index is 0. The molecule has 80 valence electrons. The van der Waals surface area contributed by atoms with Crippen LogP contribution in [0.5, 0.6) is 0 Å². The molecular weight excluding hydrogens is 251 g/mol. The van der Waals surface area contributed by atoms with Crippen molar-refractivity contribution in [1.29, 1.82) is 0 Å². The maximum absolute atomic E-state index is 9.22. The van der Waals surface area contributed by atoms with Crippen LogP contribution in [0.4, 0.5) is 0 Å². The zero-order valence-corrected chi connectivity index (χ0v) is 11.6. The normalized spacial score (nSPS) is 19.3. The largest absolute Gasteiger partial charge is 0.392 e. The van der Waals surface area contributed by atoms with Crippen molar-refractivity contribution >= 4 is 0 Å². The summed E-state index contributed by atoms with van der Waals surface area (Å²) < 4.78 is 0. The van der Waals surface area contributed by atoms with Gasteiger partial charge in [0, 0.05) is 31.6 Å². The van der Waals surface area contributed by atoms with Crippen LogP contribution in [0.25, 0.3) is 0 Å². The van der Waals surface area contributed by atoms with Crippen LogP contribution in [0.15, 0.2) is 22.3 Å². The van der Waals surface area contributed by atoms with E-state index in [2.05, 4.69) is 34.6 Å². The number of hydrogen-bond acceptors (Lipinski definition) is 1. The van der Waals surface area contributed by atoms with Crippen molar-refractivity contribution in [3.8, 4) is 0 Å². The molecule has 1 nitrogen and oxygen atoms in total. The number of allylic oxidation sites excluding steroid dienone is 3. The van der Waals surface area contributed by atoms with Crippen molar-refractivity contribution in [1.82, 2.24) is 0 Å². The van der Waals surface area contributed by atoms with Crippen LogP contribution in [0.1, 0.15) is 42.0 Å². The van der Waals surface area contributed by atoms with Crippen molar-refractivity contribution in [2.45, 2.75) is 42.0 Å². The van der Waals surface area contributed by atoms with Crippen molar-refractivity contribution < 1.29 is 31.3 Å². The van der Waals surface area contributed by atoms with Crippen LogP contribution in [0.3, 0.4) is 0 Å². The monoisotopic (exact) mass is 272 g/mol. The number of hydrogen-bond donors (Lipinski definition) is 1. The first-order valence-electron chi connectivity index (χ1n) is 4.42. The Balaban J connectivity index is 0. The Morgan fingerprint density at radius 3 is 1.64 bits per heavy atom. The molecule has 0 unspecified atom stereocenters. The fourth-order valence-electron chi connectivity index (χ4n) is 1.99. The molecule has 1 rings (SSSR count). The predicted octanol–water partition coefficient (Wildman–Crippen LogP) is 3.31. The zero-order valence-electron chi connectivity index (χ0n) is 9.15. The van der Waals surface area contributed by atoms with E-state index in [1.165, 1.54) is 22.3 Å². The fraction of sp³-hybridized carbons (Fsp3) is 0.667. The number of rotatable bonds is 1. The van der Waals surface area contributed by atoms with Crippen molar-refractivity contribution in [2.75, 3.05) is 6.61 Å². The summed E-state index contributed by atoms with van der Waals surface area (Å²) in [5.74, 6) is 0. The molecule has 0 spiro atoms. The molecule has 1 aliphatic carbocycles. The molecule has 0 heterocycles. The average Bonchev–Trinajstić information content (AvgIpc) is 2.13. The third-order valence-corrected chi connectivity index (χ3v) is 3.43. The standard InChI is InChI=1S/C11H18O.CH4.Zr/c1-7-8(2)10(6-12)11(4,5)9(7)3;;/h12H,6H2,1-5H3;1H4;. The average molecular weight is 274 g/mol. The molecule has 0 amide bonds. The van der Waals surface area contributed by atoms with Crippen molar-refractivity contribution in [2.24, 2.45) is 5.41 Å².